The van der Waals surface area contributed by atoms with Gasteiger partial charge in [0.1, 0.15) is 0 Å². The second-order valence-corrected chi connectivity index (χ2v) is 5.46. The lowest BCUT2D eigenvalue weighted by atomic mass is 9.96. The molecule has 0 saturated carbocycles. The van der Waals surface area contributed by atoms with Crippen LogP contribution in [0.1, 0.15) is 34.5 Å². The van der Waals surface area contributed by atoms with Gasteiger partial charge in [-0.1, -0.05) is 0 Å². The van der Waals surface area contributed by atoms with Crippen molar-refractivity contribution in [1.82, 2.24) is 19.7 Å². The first-order valence-corrected chi connectivity index (χ1v) is 7.48. The normalized spacial score (nSPS) is 17.4. The second-order valence-electron chi connectivity index (χ2n) is 5.46. The van der Waals surface area contributed by atoms with E-state index in [0.29, 0.717) is 31.9 Å². The number of fused-ring (bicyclic) bond motifs is 1. The monoisotopic (exact) mass is 300 g/mol. The standard InChI is InChI=1S/C16H20N4O2/c1-3-22-11-14-10-20(9-13-8-18-19(2)15(13)14)16(21)12-5-4-6-17-7-12/h4-8,14H,3,9-11H2,1-2H3/t14-/m0/s1. The number of carbonyl (C=O) groups is 1. The highest BCUT2D eigenvalue weighted by atomic mass is 16.5. The van der Waals surface area contributed by atoms with Gasteiger partial charge in [-0.25, -0.2) is 0 Å². The van der Waals surface area contributed by atoms with Crippen LogP contribution in [0.15, 0.2) is 30.7 Å². The minimum Gasteiger partial charge on any atom is -0.381 e. The second kappa shape index (κ2) is 6.27. The van der Waals surface area contributed by atoms with Crippen LogP contribution in [0.25, 0.3) is 0 Å². The summed E-state index contributed by atoms with van der Waals surface area (Å²) in [7, 11) is 1.94. The molecule has 0 aromatic carbocycles. The van der Waals surface area contributed by atoms with Gasteiger partial charge < -0.3 is 9.64 Å². The number of hydrogen-bond acceptors (Lipinski definition) is 4. The van der Waals surface area contributed by atoms with Gasteiger partial charge in [-0.3, -0.25) is 14.5 Å². The average molecular weight is 300 g/mol. The third-order valence-corrected chi connectivity index (χ3v) is 3.97. The highest BCUT2D eigenvalue weighted by Crippen LogP contribution is 2.29. The van der Waals surface area contributed by atoms with E-state index < -0.39 is 0 Å². The largest absolute Gasteiger partial charge is 0.381 e. The van der Waals surface area contributed by atoms with E-state index in [1.54, 1.807) is 24.5 Å². The Kier molecular flexibility index (Phi) is 4.20. The zero-order valence-electron chi connectivity index (χ0n) is 12.9. The number of aromatic nitrogens is 3. The van der Waals surface area contributed by atoms with Crippen molar-refractivity contribution in [1.29, 1.82) is 0 Å². The van der Waals surface area contributed by atoms with Gasteiger partial charge in [0.25, 0.3) is 5.91 Å². The molecule has 1 amide bonds. The smallest absolute Gasteiger partial charge is 0.255 e. The lowest BCUT2D eigenvalue weighted by Gasteiger charge is -2.33. The Morgan fingerprint density at radius 3 is 3.05 bits per heavy atom. The van der Waals surface area contributed by atoms with Gasteiger partial charge in [-0.2, -0.15) is 5.10 Å². The van der Waals surface area contributed by atoms with E-state index in [9.17, 15) is 4.79 Å². The van der Waals surface area contributed by atoms with E-state index in [-0.39, 0.29) is 11.8 Å². The maximum absolute atomic E-state index is 12.7. The molecule has 0 aliphatic carbocycles. The van der Waals surface area contributed by atoms with Crippen LogP contribution in [0.3, 0.4) is 0 Å². The Morgan fingerprint density at radius 2 is 2.32 bits per heavy atom. The highest BCUT2D eigenvalue weighted by molar-refractivity contribution is 5.94. The quantitative estimate of drug-likeness (QED) is 0.860. The fourth-order valence-corrected chi connectivity index (χ4v) is 2.98. The topological polar surface area (TPSA) is 60.2 Å². The number of ether oxygens (including phenoxy) is 1. The molecule has 0 unspecified atom stereocenters. The molecule has 6 nitrogen and oxygen atoms in total. The van der Waals surface area contributed by atoms with E-state index >= 15 is 0 Å². The van der Waals surface area contributed by atoms with E-state index in [1.807, 2.05) is 29.7 Å². The molecule has 0 radical (unpaired) electrons. The summed E-state index contributed by atoms with van der Waals surface area (Å²) in [6.45, 7) is 4.46. The van der Waals surface area contributed by atoms with Crippen molar-refractivity contribution >= 4 is 5.91 Å². The van der Waals surface area contributed by atoms with Gasteiger partial charge in [0, 0.05) is 50.6 Å². The summed E-state index contributed by atoms with van der Waals surface area (Å²) in [5, 5.41) is 4.33. The minimum atomic E-state index is 0.00380. The van der Waals surface area contributed by atoms with Crippen molar-refractivity contribution in [2.24, 2.45) is 7.05 Å². The first-order valence-electron chi connectivity index (χ1n) is 7.48. The zero-order chi connectivity index (χ0) is 15.5. The van der Waals surface area contributed by atoms with Crippen molar-refractivity contribution in [2.75, 3.05) is 19.8 Å². The van der Waals surface area contributed by atoms with Crippen LogP contribution in [0.4, 0.5) is 0 Å². The van der Waals surface area contributed by atoms with Crippen LogP contribution in [0.5, 0.6) is 0 Å². The third-order valence-electron chi connectivity index (χ3n) is 3.97. The summed E-state index contributed by atoms with van der Waals surface area (Å²) in [5.41, 5.74) is 2.88. The number of aryl methyl sites for hydroxylation is 1. The first kappa shape index (κ1) is 14.7. The molecule has 3 rings (SSSR count). The van der Waals surface area contributed by atoms with Gasteiger partial charge in [-0.15, -0.1) is 0 Å². The Labute approximate surface area is 129 Å². The summed E-state index contributed by atoms with van der Waals surface area (Å²) < 4.78 is 7.49. The molecule has 1 aliphatic rings. The molecule has 22 heavy (non-hydrogen) atoms. The molecular weight excluding hydrogens is 280 g/mol. The van der Waals surface area contributed by atoms with Crippen LogP contribution < -0.4 is 0 Å². The van der Waals surface area contributed by atoms with Crippen LogP contribution in [0.2, 0.25) is 0 Å². The first-order chi connectivity index (χ1) is 10.7. The number of hydrogen-bond donors (Lipinski definition) is 0. The molecule has 0 saturated heterocycles. The summed E-state index contributed by atoms with van der Waals surface area (Å²) in [6.07, 6.45) is 5.12. The lowest BCUT2D eigenvalue weighted by molar-refractivity contribution is 0.0647. The Morgan fingerprint density at radius 1 is 1.45 bits per heavy atom. The SMILES string of the molecule is CCOC[C@@H]1CN(C(=O)c2cccnc2)Cc2cnn(C)c21. The summed E-state index contributed by atoms with van der Waals surface area (Å²) >= 11 is 0. The number of rotatable bonds is 4. The van der Waals surface area contributed by atoms with Crippen LogP contribution in [-0.2, 0) is 18.3 Å². The van der Waals surface area contributed by atoms with Crippen molar-refractivity contribution in [2.45, 2.75) is 19.4 Å². The molecule has 0 bridgehead atoms. The van der Waals surface area contributed by atoms with Gasteiger partial charge in [0.2, 0.25) is 0 Å². The molecule has 0 N–H and O–H groups in total. The maximum atomic E-state index is 12.7. The predicted molar refractivity (Wildman–Crippen MR) is 81.4 cm³/mol. The Hall–Kier alpha value is -2.21. The van der Waals surface area contributed by atoms with Crippen molar-refractivity contribution < 1.29 is 9.53 Å². The van der Waals surface area contributed by atoms with Gasteiger partial charge in [0.15, 0.2) is 0 Å². The molecule has 1 aliphatic heterocycles. The predicted octanol–water partition coefficient (Wildman–Crippen LogP) is 1.59. The van der Waals surface area contributed by atoms with Gasteiger partial charge in [-0.05, 0) is 19.1 Å². The molecule has 0 spiro atoms. The molecule has 1 atom stereocenters. The van der Waals surface area contributed by atoms with Gasteiger partial charge in [0.05, 0.1) is 24.1 Å². The minimum absolute atomic E-state index is 0.00380. The van der Waals surface area contributed by atoms with Crippen molar-refractivity contribution in [3.8, 4) is 0 Å². The Balaban J connectivity index is 1.85. The van der Waals surface area contributed by atoms with E-state index in [4.69, 9.17) is 4.74 Å². The molecule has 6 heteroatoms. The number of pyridine rings is 1. The number of amides is 1. The Bertz CT molecular complexity index is 653. The lowest BCUT2D eigenvalue weighted by Crippen LogP contribution is -2.40. The number of nitrogens with zero attached hydrogens (tertiary/aromatic N) is 4. The zero-order valence-corrected chi connectivity index (χ0v) is 12.9. The average Bonchev–Trinajstić information content (AvgIpc) is 2.94. The molecular formula is C16H20N4O2. The molecule has 2 aromatic rings. The molecule has 116 valence electrons. The summed E-state index contributed by atoms with van der Waals surface area (Å²) in [5.74, 6) is 0.154. The summed E-state index contributed by atoms with van der Waals surface area (Å²) in [4.78, 5) is 18.5. The third kappa shape index (κ3) is 2.74. The maximum Gasteiger partial charge on any atom is 0.255 e. The van der Waals surface area contributed by atoms with Gasteiger partial charge >= 0.3 is 0 Å². The van der Waals surface area contributed by atoms with E-state index in [1.165, 1.54) is 5.69 Å². The molecule has 3 heterocycles. The fourth-order valence-electron chi connectivity index (χ4n) is 2.98. The van der Waals surface area contributed by atoms with E-state index in [0.717, 1.165) is 5.56 Å². The van der Waals surface area contributed by atoms with Crippen molar-refractivity contribution in [3.63, 3.8) is 0 Å². The number of carbonyl (C=O) groups excluding carboxylic acids is 1. The van der Waals surface area contributed by atoms with Crippen LogP contribution in [0, 0.1) is 0 Å². The fraction of sp³-hybridized carbons (Fsp3) is 0.438. The summed E-state index contributed by atoms with van der Waals surface area (Å²) in [6, 6.07) is 3.58. The van der Waals surface area contributed by atoms with E-state index in [2.05, 4.69) is 10.1 Å². The van der Waals surface area contributed by atoms with Crippen LogP contribution >= 0.6 is 0 Å². The van der Waals surface area contributed by atoms with Crippen molar-refractivity contribution in [3.05, 3.63) is 47.5 Å². The van der Waals surface area contributed by atoms with Crippen LogP contribution in [-0.4, -0.2) is 45.3 Å². The highest BCUT2D eigenvalue weighted by Gasteiger charge is 2.31. The molecule has 2 aromatic heterocycles. The molecule has 0 fully saturated rings.